The molecule has 0 saturated carbocycles. The van der Waals surface area contributed by atoms with Gasteiger partial charge in [-0.25, -0.2) is 4.98 Å². The van der Waals surface area contributed by atoms with Gasteiger partial charge in [0.05, 0.1) is 0 Å². The Bertz CT molecular complexity index is 389. The number of anilines is 1. The van der Waals surface area contributed by atoms with Crippen LogP contribution in [0.3, 0.4) is 0 Å². The third-order valence-corrected chi connectivity index (χ3v) is 3.41. The summed E-state index contributed by atoms with van der Waals surface area (Å²) in [5.74, 6) is 0.872. The number of rotatable bonds is 8. The number of aromatic nitrogens is 1. The smallest absolute Gasteiger partial charge is 0.125 e. The van der Waals surface area contributed by atoms with Gasteiger partial charge in [-0.15, -0.1) is 0 Å². The largest absolute Gasteiger partial charge is 0.389 e. The van der Waals surface area contributed by atoms with Crippen molar-refractivity contribution in [3.05, 3.63) is 23.9 Å². The molecule has 0 saturated heterocycles. The van der Waals surface area contributed by atoms with E-state index in [1.165, 1.54) is 6.42 Å². The molecular formula is C14H24N4S. The van der Waals surface area contributed by atoms with Gasteiger partial charge in [0, 0.05) is 24.3 Å². The van der Waals surface area contributed by atoms with Crippen molar-refractivity contribution < 1.29 is 0 Å². The predicted octanol–water partition coefficient (Wildman–Crippen LogP) is 2.25. The van der Waals surface area contributed by atoms with E-state index in [-0.39, 0.29) is 0 Å². The Labute approximate surface area is 121 Å². The van der Waals surface area contributed by atoms with Gasteiger partial charge in [-0.2, -0.15) is 0 Å². The highest BCUT2D eigenvalue weighted by atomic mass is 32.1. The van der Waals surface area contributed by atoms with Gasteiger partial charge in [0.1, 0.15) is 10.8 Å². The van der Waals surface area contributed by atoms with Gasteiger partial charge in [0.25, 0.3) is 0 Å². The van der Waals surface area contributed by atoms with Crippen molar-refractivity contribution in [3.63, 3.8) is 0 Å². The lowest BCUT2D eigenvalue weighted by atomic mass is 10.2. The molecule has 0 unspecified atom stereocenters. The summed E-state index contributed by atoms with van der Waals surface area (Å²) < 4.78 is 0. The van der Waals surface area contributed by atoms with E-state index in [0.29, 0.717) is 11.0 Å². The highest BCUT2D eigenvalue weighted by Gasteiger charge is 2.02. The van der Waals surface area contributed by atoms with Crippen LogP contribution in [0.5, 0.6) is 0 Å². The first-order chi connectivity index (χ1) is 9.00. The summed E-state index contributed by atoms with van der Waals surface area (Å²) in [5.41, 5.74) is 6.33. The number of nitrogens with zero attached hydrogens (tertiary/aromatic N) is 2. The second-order valence-corrected chi connectivity index (χ2v) is 5.44. The number of hydrogen-bond donors (Lipinski definition) is 2. The summed E-state index contributed by atoms with van der Waals surface area (Å²) in [6.07, 6.45) is 4.03. The normalized spacial score (nSPS) is 11.0. The molecule has 5 heteroatoms. The minimum absolute atomic E-state index is 0.385. The molecule has 0 aliphatic heterocycles. The lowest BCUT2D eigenvalue weighted by Gasteiger charge is -2.20. The van der Waals surface area contributed by atoms with Crippen molar-refractivity contribution in [2.45, 2.75) is 32.7 Å². The highest BCUT2D eigenvalue weighted by Crippen LogP contribution is 2.05. The molecule has 0 aliphatic rings. The Hall–Kier alpha value is -1.20. The zero-order chi connectivity index (χ0) is 14.3. The standard InChI is InChI=1S/C14H24N4S/c1-11(2)18(3)9-5-4-8-16-13-7-6-12(10-17-13)14(15)19/h6-7,10-11H,4-5,8-9H2,1-3H3,(H2,15,19)(H,16,17). The molecule has 0 amide bonds. The molecule has 3 N–H and O–H groups in total. The molecule has 4 nitrogen and oxygen atoms in total. The molecule has 1 aromatic rings. The summed E-state index contributed by atoms with van der Waals surface area (Å²) in [4.78, 5) is 7.01. The molecule has 0 aliphatic carbocycles. The quantitative estimate of drug-likeness (QED) is 0.565. The Balaban J connectivity index is 2.21. The fourth-order valence-electron chi connectivity index (χ4n) is 1.61. The van der Waals surface area contributed by atoms with Gasteiger partial charge >= 0.3 is 0 Å². The Morgan fingerprint density at radius 3 is 2.68 bits per heavy atom. The Kier molecular flexibility index (Phi) is 6.73. The van der Waals surface area contributed by atoms with Crippen LogP contribution in [0.2, 0.25) is 0 Å². The maximum Gasteiger partial charge on any atom is 0.125 e. The van der Waals surface area contributed by atoms with Crippen molar-refractivity contribution >= 4 is 23.0 Å². The van der Waals surface area contributed by atoms with Crippen LogP contribution in [-0.2, 0) is 0 Å². The van der Waals surface area contributed by atoms with E-state index in [0.717, 1.165) is 30.9 Å². The molecule has 1 rings (SSSR count). The molecule has 0 spiro atoms. The Morgan fingerprint density at radius 2 is 2.16 bits per heavy atom. The maximum atomic E-state index is 5.52. The molecule has 1 heterocycles. The maximum absolute atomic E-state index is 5.52. The number of nitrogens with one attached hydrogen (secondary N) is 1. The van der Waals surface area contributed by atoms with Crippen molar-refractivity contribution in [3.8, 4) is 0 Å². The second-order valence-electron chi connectivity index (χ2n) is 5.00. The first kappa shape index (κ1) is 15.9. The zero-order valence-corrected chi connectivity index (χ0v) is 12.8. The number of hydrogen-bond acceptors (Lipinski definition) is 4. The van der Waals surface area contributed by atoms with Crippen LogP contribution in [0.1, 0.15) is 32.3 Å². The van der Waals surface area contributed by atoms with Crippen LogP contribution in [-0.4, -0.2) is 41.1 Å². The summed E-state index contributed by atoms with van der Waals surface area (Å²) in [5, 5.41) is 3.30. The van der Waals surface area contributed by atoms with Gasteiger partial charge in [-0.05, 0) is 52.4 Å². The zero-order valence-electron chi connectivity index (χ0n) is 12.0. The third-order valence-electron chi connectivity index (χ3n) is 3.17. The molecule has 0 aromatic carbocycles. The average molecular weight is 280 g/mol. The second kappa shape index (κ2) is 8.07. The van der Waals surface area contributed by atoms with Crippen LogP contribution in [0, 0.1) is 0 Å². The minimum Gasteiger partial charge on any atom is -0.389 e. The van der Waals surface area contributed by atoms with Crippen molar-refractivity contribution in [1.82, 2.24) is 9.88 Å². The third kappa shape index (κ3) is 5.98. The molecule has 0 bridgehead atoms. The topological polar surface area (TPSA) is 54.2 Å². The van der Waals surface area contributed by atoms with E-state index in [9.17, 15) is 0 Å². The van der Waals surface area contributed by atoms with E-state index in [1.54, 1.807) is 6.20 Å². The van der Waals surface area contributed by atoms with Gasteiger partial charge in [-0.1, -0.05) is 12.2 Å². The first-order valence-corrected chi connectivity index (χ1v) is 7.11. The fraction of sp³-hybridized carbons (Fsp3) is 0.571. The molecule has 0 radical (unpaired) electrons. The van der Waals surface area contributed by atoms with Crippen LogP contribution in [0.25, 0.3) is 0 Å². The van der Waals surface area contributed by atoms with E-state index >= 15 is 0 Å². The van der Waals surface area contributed by atoms with Gasteiger partial charge in [-0.3, -0.25) is 0 Å². The van der Waals surface area contributed by atoms with E-state index < -0.39 is 0 Å². The molecule has 19 heavy (non-hydrogen) atoms. The van der Waals surface area contributed by atoms with Crippen LogP contribution in [0.15, 0.2) is 18.3 Å². The Morgan fingerprint density at radius 1 is 1.42 bits per heavy atom. The van der Waals surface area contributed by atoms with E-state index in [1.807, 2.05) is 12.1 Å². The van der Waals surface area contributed by atoms with Crippen molar-refractivity contribution in [2.75, 3.05) is 25.5 Å². The molecule has 1 aromatic heterocycles. The summed E-state index contributed by atoms with van der Waals surface area (Å²) in [7, 11) is 2.16. The molecule has 0 atom stereocenters. The molecule has 0 fully saturated rings. The van der Waals surface area contributed by atoms with Crippen LogP contribution < -0.4 is 11.1 Å². The van der Waals surface area contributed by atoms with Crippen molar-refractivity contribution in [2.24, 2.45) is 5.73 Å². The average Bonchev–Trinajstić information content (AvgIpc) is 2.38. The van der Waals surface area contributed by atoms with Crippen LogP contribution >= 0.6 is 12.2 Å². The summed E-state index contributed by atoms with van der Waals surface area (Å²) in [6.45, 7) is 6.50. The first-order valence-electron chi connectivity index (χ1n) is 6.70. The lowest BCUT2D eigenvalue weighted by molar-refractivity contribution is 0.269. The number of thiocarbonyl (C=S) groups is 1. The lowest BCUT2D eigenvalue weighted by Crippen LogP contribution is -2.27. The minimum atomic E-state index is 0.385. The van der Waals surface area contributed by atoms with Gasteiger partial charge < -0.3 is 16.0 Å². The van der Waals surface area contributed by atoms with E-state index in [2.05, 4.69) is 36.1 Å². The van der Waals surface area contributed by atoms with Crippen molar-refractivity contribution in [1.29, 1.82) is 0 Å². The van der Waals surface area contributed by atoms with Gasteiger partial charge in [0.15, 0.2) is 0 Å². The SMILES string of the molecule is CC(C)N(C)CCCCNc1ccc(C(N)=S)cn1. The predicted molar refractivity (Wildman–Crippen MR) is 85.6 cm³/mol. The number of unbranched alkanes of at least 4 members (excludes halogenated alkanes) is 1. The van der Waals surface area contributed by atoms with Crippen LogP contribution in [0.4, 0.5) is 5.82 Å². The number of nitrogens with two attached hydrogens (primary N) is 1. The van der Waals surface area contributed by atoms with E-state index in [4.69, 9.17) is 18.0 Å². The summed E-state index contributed by atoms with van der Waals surface area (Å²) >= 11 is 4.89. The summed E-state index contributed by atoms with van der Waals surface area (Å²) in [6, 6.07) is 4.42. The van der Waals surface area contributed by atoms with Gasteiger partial charge in [0.2, 0.25) is 0 Å². The fourth-order valence-corrected chi connectivity index (χ4v) is 1.73. The monoisotopic (exact) mass is 280 g/mol. The molecular weight excluding hydrogens is 256 g/mol. The molecule has 106 valence electrons. The number of pyridine rings is 1. The highest BCUT2D eigenvalue weighted by molar-refractivity contribution is 7.80.